The maximum Gasteiger partial charge on any atom is 0.352 e. The van der Waals surface area contributed by atoms with Crippen LogP contribution in [0.25, 0.3) is 6.08 Å². The lowest BCUT2D eigenvalue weighted by Gasteiger charge is -2.14. The largest absolute Gasteiger partial charge is 0.493 e. The topological polar surface area (TPSA) is 94.1 Å². The number of carboxylic acid groups (broad SMARTS) is 1. The minimum atomic E-state index is -1.29. The number of carboxylic acids is 1. The normalized spacial score (nSPS) is 10.9. The summed E-state index contributed by atoms with van der Waals surface area (Å²) in [6, 6.07) is 9.76. The van der Waals surface area contributed by atoms with Crippen LogP contribution in [0.15, 0.2) is 46.6 Å². The Morgan fingerprint density at radius 2 is 1.59 bits per heavy atom. The van der Waals surface area contributed by atoms with E-state index in [1.807, 2.05) is 0 Å². The second kappa shape index (κ2) is 9.09. The fourth-order valence-electron chi connectivity index (χ4n) is 2.34. The van der Waals surface area contributed by atoms with Gasteiger partial charge in [0.05, 0.1) is 21.3 Å². The summed E-state index contributed by atoms with van der Waals surface area (Å²) in [5.74, 6) is -0.804. The Morgan fingerprint density at radius 1 is 0.963 bits per heavy atom. The number of benzene rings is 2. The molecule has 0 atom stereocenters. The van der Waals surface area contributed by atoms with E-state index in [0.717, 1.165) is 4.47 Å². The Bertz CT molecular complexity index is 877. The average molecular weight is 436 g/mol. The summed E-state index contributed by atoms with van der Waals surface area (Å²) in [7, 11) is 4.35. The molecule has 2 rings (SSSR count). The lowest BCUT2D eigenvalue weighted by Crippen LogP contribution is -2.27. The van der Waals surface area contributed by atoms with Gasteiger partial charge in [0.2, 0.25) is 5.75 Å². The molecule has 0 aliphatic carbocycles. The molecule has 2 N–H and O–H groups in total. The second-order valence-electron chi connectivity index (χ2n) is 5.25. The summed E-state index contributed by atoms with van der Waals surface area (Å²) in [6.45, 7) is 0. The standard InChI is InChI=1S/C19H18BrNO6/c1-25-15-9-6-12(16(26-2)17(15)27-3)10-14(19(23)24)21-18(22)11-4-7-13(20)8-5-11/h4-10H,1-3H3,(H,21,22)(H,23,24)/b14-10-. The van der Waals surface area contributed by atoms with Crippen LogP contribution in [-0.2, 0) is 4.79 Å². The first-order chi connectivity index (χ1) is 12.9. The zero-order valence-electron chi connectivity index (χ0n) is 14.9. The minimum absolute atomic E-state index is 0.286. The molecular weight excluding hydrogens is 418 g/mol. The van der Waals surface area contributed by atoms with Crippen molar-refractivity contribution in [2.45, 2.75) is 0 Å². The van der Waals surface area contributed by atoms with Crippen LogP contribution < -0.4 is 19.5 Å². The highest BCUT2D eigenvalue weighted by molar-refractivity contribution is 9.10. The van der Waals surface area contributed by atoms with Crippen LogP contribution in [0, 0.1) is 0 Å². The van der Waals surface area contributed by atoms with Crippen molar-refractivity contribution >= 4 is 33.9 Å². The minimum Gasteiger partial charge on any atom is -0.493 e. The molecule has 0 aromatic heterocycles. The third-order valence-corrected chi connectivity index (χ3v) is 4.15. The van der Waals surface area contributed by atoms with Crippen molar-refractivity contribution in [2.24, 2.45) is 0 Å². The molecule has 0 aliphatic heterocycles. The number of halogens is 1. The molecular formula is C19H18BrNO6. The molecule has 0 aliphatic rings. The molecule has 0 saturated heterocycles. The van der Waals surface area contributed by atoms with Crippen molar-refractivity contribution < 1.29 is 28.9 Å². The highest BCUT2D eigenvalue weighted by atomic mass is 79.9. The monoisotopic (exact) mass is 435 g/mol. The van der Waals surface area contributed by atoms with E-state index in [0.29, 0.717) is 22.6 Å². The lowest BCUT2D eigenvalue weighted by atomic mass is 10.1. The van der Waals surface area contributed by atoms with Gasteiger partial charge < -0.3 is 24.6 Å². The summed E-state index contributed by atoms with van der Waals surface area (Å²) in [5.41, 5.74) is 0.418. The molecule has 7 nitrogen and oxygen atoms in total. The van der Waals surface area contributed by atoms with Gasteiger partial charge in [0.1, 0.15) is 5.70 Å². The Kier molecular flexibility index (Phi) is 6.84. The number of carbonyl (C=O) groups is 2. The van der Waals surface area contributed by atoms with E-state index in [-0.39, 0.29) is 11.4 Å². The number of rotatable bonds is 7. The quantitative estimate of drug-likeness (QED) is 0.647. The fraction of sp³-hybridized carbons (Fsp3) is 0.158. The van der Waals surface area contributed by atoms with Gasteiger partial charge >= 0.3 is 5.97 Å². The maximum absolute atomic E-state index is 12.3. The summed E-state index contributed by atoms with van der Waals surface area (Å²) < 4.78 is 16.6. The van der Waals surface area contributed by atoms with E-state index in [9.17, 15) is 14.7 Å². The highest BCUT2D eigenvalue weighted by Gasteiger charge is 2.18. The van der Waals surface area contributed by atoms with E-state index in [2.05, 4.69) is 21.2 Å². The third-order valence-electron chi connectivity index (χ3n) is 3.62. The Labute approximate surface area is 164 Å². The first-order valence-corrected chi connectivity index (χ1v) is 8.51. The molecule has 0 unspecified atom stereocenters. The van der Waals surface area contributed by atoms with Gasteiger partial charge in [-0.25, -0.2) is 4.79 Å². The maximum atomic E-state index is 12.3. The predicted octanol–water partition coefficient (Wildman–Crippen LogP) is 3.33. The van der Waals surface area contributed by atoms with Crippen LogP contribution >= 0.6 is 15.9 Å². The van der Waals surface area contributed by atoms with Crippen LogP contribution in [0.4, 0.5) is 0 Å². The Morgan fingerprint density at radius 3 is 2.11 bits per heavy atom. The number of aliphatic carboxylic acids is 1. The lowest BCUT2D eigenvalue weighted by molar-refractivity contribution is -0.132. The van der Waals surface area contributed by atoms with Crippen molar-refractivity contribution in [2.75, 3.05) is 21.3 Å². The first kappa shape index (κ1) is 20.3. The number of carbonyl (C=O) groups excluding carboxylic acids is 1. The molecule has 2 aromatic carbocycles. The summed E-state index contributed by atoms with van der Waals surface area (Å²) >= 11 is 3.28. The molecule has 0 saturated carbocycles. The number of hydrogen-bond acceptors (Lipinski definition) is 5. The van der Waals surface area contributed by atoms with Gasteiger partial charge in [-0.3, -0.25) is 4.79 Å². The zero-order valence-corrected chi connectivity index (χ0v) is 16.5. The molecule has 0 fully saturated rings. The van der Waals surface area contributed by atoms with Gasteiger partial charge in [0, 0.05) is 15.6 Å². The SMILES string of the molecule is COc1ccc(/C=C(\NC(=O)c2ccc(Br)cc2)C(=O)O)c(OC)c1OC. The smallest absolute Gasteiger partial charge is 0.352 e. The van der Waals surface area contributed by atoms with E-state index < -0.39 is 11.9 Å². The highest BCUT2D eigenvalue weighted by Crippen LogP contribution is 2.40. The van der Waals surface area contributed by atoms with Crippen molar-refractivity contribution in [3.8, 4) is 17.2 Å². The van der Waals surface area contributed by atoms with Gasteiger partial charge in [0.25, 0.3) is 5.91 Å². The number of nitrogens with one attached hydrogen (secondary N) is 1. The third kappa shape index (κ3) is 4.79. The zero-order chi connectivity index (χ0) is 20.0. The molecule has 27 heavy (non-hydrogen) atoms. The molecule has 0 bridgehead atoms. The number of amides is 1. The van der Waals surface area contributed by atoms with Gasteiger partial charge in [0.15, 0.2) is 11.5 Å². The van der Waals surface area contributed by atoms with E-state index in [1.165, 1.54) is 27.4 Å². The van der Waals surface area contributed by atoms with Crippen LogP contribution in [-0.4, -0.2) is 38.3 Å². The van der Waals surface area contributed by atoms with Crippen molar-refractivity contribution in [1.82, 2.24) is 5.32 Å². The number of hydrogen-bond donors (Lipinski definition) is 2. The van der Waals surface area contributed by atoms with Crippen LogP contribution in [0.2, 0.25) is 0 Å². The predicted molar refractivity (Wildman–Crippen MR) is 103 cm³/mol. The number of ether oxygens (including phenoxy) is 3. The molecule has 0 spiro atoms. The molecule has 142 valence electrons. The van der Waals surface area contributed by atoms with Gasteiger partial charge in [-0.1, -0.05) is 15.9 Å². The van der Waals surface area contributed by atoms with Crippen molar-refractivity contribution in [3.05, 3.63) is 57.7 Å². The summed E-state index contributed by atoms with van der Waals surface area (Å²) in [4.78, 5) is 23.9. The second-order valence-corrected chi connectivity index (χ2v) is 6.16. The van der Waals surface area contributed by atoms with Crippen LogP contribution in [0.3, 0.4) is 0 Å². The van der Waals surface area contributed by atoms with Crippen LogP contribution in [0.1, 0.15) is 15.9 Å². The fourth-order valence-corrected chi connectivity index (χ4v) is 2.60. The average Bonchev–Trinajstić information content (AvgIpc) is 2.67. The van der Waals surface area contributed by atoms with E-state index >= 15 is 0 Å². The van der Waals surface area contributed by atoms with Crippen molar-refractivity contribution in [1.29, 1.82) is 0 Å². The molecule has 2 aromatic rings. The van der Waals surface area contributed by atoms with E-state index in [4.69, 9.17) is 14.2 Å². The van der Waals surface area contributed by atoms with Crippen molar-refractivity contribution in [3.63, 3.8) is 0 Å². The summed E-state index contributed by atoms with van der Waals surface area (Å²) in [6.07, 6.45) is 1.29. The molecule has 0 heterocycles. The van der Waals surface area contributed by atoms with Gasteiger partial charge in [-0.05, 0) is 42.5 Å². The Balaban J connectivity index is 2.42. The van der Waals surface area contributed by atoms with E-state index in [1.54, 1.807) is 36.4 Å². The number of methoxy groups -OCH3 is 3. The summed E-state index contributed by atoms with van der Waals surface area (Å²) in [5, 5.41) is 11.9. The molecule has 0 radical (unpaired) electrons. The van der Waals surface area contributed by atoms with Crippen LogP contribution in [0.5, 0.6) is 17.2 Å². The first-order valence-electron chi connectivity index (χ1n) is 7.72. The van der Waals surface area contributed by atoms with Gasteiger partial charge in [-0.2, -0.15) is 0 Å². The van der Waals surface area contributed by atoms with Gasteiger partial charge in [-0.15, -0.1) is 0 Å². The molecule has 1 amide bonds. The molecule has 8 heteroatoms. The Hall–Kier alpha value is -3.00.